The molecule has 1 aliphatic carbocycles. The molecule has 0 spiro atoms. The Bertz CT molecular complexity index is 218. The summed E-state index contributed by atoms with van der Waals surface area (Å²) in [4.78, 5) is 10.9. The van der Waals surface area contributed by atoms with E-state index in [1.54, 1.807) is 0 Å². The number of hydrogen-bond acceptors (Lipinski definition) is 2. The predicted octanol–water partition coefficient (Wildman–Crippen LogP) is 2.21. The van der Waals surface area contributed by atoms with Gasteiger partial charge in [0.1, 0.15) is 5.78 Å². The molecule has 0 heterocycles. The fourth-order valence-electron chi connectivity index (χ4n) is 1.35. The molecule has 0 bridgehead atoms. The molecule has 2 heteroatoms. The minimum absolute atomic E-state index is 0.0593. The second-order valence-corrected chi connectivity index (χ2v) is 4.07. The summed E-state index contributed by atoms with van der Waals surface area (Å²) in [5.41, 5.74) is 0.846. The molecule has 0 aromatic heterocycles. The van der Waals surface area contributed by atoms with E-state index in [0.29, 0.717) is 12.2 Å². The van der Waals surface area contributed by atoms with Gasteiger partial charge in [-0.1, -0.05) is 20.8 Å². The molecule has 0 radical (unpaired) electrons. The standard InChI is InChI=1S/C9H14O2/c1-9(2,3)7-4-6(10)5-8(7)11/h11H,4-5H2,1-3H3. The fraction of sp³-hybridized carbons (Fsp3) is 0.667. The topological polar surface area (TPSA) is 37.3 Å². The Hall–Kier alpha value is -0.790. The van der Waals surface area contributed by atoms with E-state index >= 15 is 0 Å². The van der Waals surface area contributed by atoms with Crippen molar-refractivity contribution in [1.29, 1.82) is 0 Å². The zero-order valence-corrected chi connectivity index (χ0v) is 7.27. The van der Waals surface area contributed by atoms with Crippen molar-refractivity contribution in [3.8, 4) is 0 Å². The summed E-state index contributed by atoms with van der Waals surface area (Å²) in [7, 11) is 0. The second kappa shape index (κ2) is 2.36. The van der Waals surface area contributed by atoms with Crippen molar-refractivity contribution < 1.29 is 9.90 Å². The number of hydrogen-bond donors (Lipinski definition) is 1. The molecule has 1 rings (SSSR count). The van der Waals surface area contributed by atoms with E-state index < -0.39 is 0 Å². The fourth-order valence-corrected chi connectivity index (χ4v) is 1.35. The predicted molar refractivity (Wildman–Crippen MR) is 43.4 cm³/mol. The minimum Gasteiger partial charge on any atom is -0.512 e. The first-order valence-electron chi connectivity index (χ1n) is 3.84. The van der Waals surface area contributed by atoms with Gasteiger partial charge in [0, 0.05) is 6.42 Å². The van der Waals surface area contributed by atoms with Crippen LogP contribution in [0.5, 0.6) is 0 Å². The van der Waals surface area contributed by atoms with Crippen LogP contribution in [0.4, 0.5) is 0 Å². The highest BCUT2D eigenvalue weighted by molar-refractivity contribution is 5.86. The van der Waals surface area contributed by atoms with Gasteiger partial charge in [-0.05, 0) is 11.0 Å². The van der Waals surface area contributed by atoms with Crippen LogP contribution in [0.15, 0.2) is 11.3 Å². The molecule has 11 heavy (non-hydrogen) atoms. The zero-order chi connectivity index (χ0) is 8.65. The van der Waals surface area contributed by atoms with E-state index in [2.05, 4.69) is 0 Å². The highest BCUT2D eigenvalue weighted by Crippen LogP contribution is 2.35. The van der Waals surface area contributed by atoms with Gasteiger partial charge in [-0.3, -0.25) is 4.79 Å². The Morgan fingerprint density at radius 3 is 2.00 bits per heavy atom. The quantitative estimate of drug-likeness (QED) is 0.580. The van der Waals surface area contributed by atoms with Crippen LogP contribution in [0.2, 0.25) is 0 Å². The maximum atomic E-state index is 10.9. The average Bonchev–Trinajstić information content (AvgIpc) is 2.08. The van der Waals surface area contributed by atoms with Crippen LogP contribution in [0.25, 0.3) is 0 Å². The van der Waals surface area contributed by atoms with Crippen molar-refractivity contribution in [3.63, 3.8) is 0 Å². The molecule has 0 fully saturated rings. The van der Waals surface area contributed by atoms with Crippen molar-refractivity contribution in [1.82, 2.24) is 0 Å². The third-order valence-electron chi connectivity index (χ3n) is 1.99. The first-order valence-corrected chi connectivity index (χ1v) is 3.84. The Morgan fingerprint density at radius 1 is 1.27 bits per heavy atom. The Labute approximate surface area is 66.9 Å². The first kappa shape index (κ1) is 8.31. The summed E-state index contributed by atoms with van der Waals surface area (Å²) in [5, 5.41) is 9.35. The lowest BCUT2D eigenvalue weighted by Gasteiger charge is -2.19. The molecule has 1 aliphatic rings. The van der Waals surface area contributed by atoms with Gasteiger partial charge in [0.05, 0.1) is 12.2 Å². The molecule has 0 saturated heterocycles. The largest absolute Gasteiger partial charge is 0.512 e. The van der Waals surface area contributed by atoms with Crippen molar-refractivity contribution in [2.45, 2.75) is 33.6 Å². The number of aliphatic hydroxyl groups is 1. The van der Waals surface area contributed by atoms with E-state index in [1.165, 1.54) is 0 Å². The van der Waals surface area contributed by atoms with Gasteiger partial charge in [0.15, 0.2) is 0 Å². The molecule has 62 valence electrons. The molecule has 2 nitrogen and oxygen atoms in total. The summed E-state index contributed by atoms with van der Waals surface area (Å²) in [6.45, 7) is 6.03. The average molecular weight is 154 g/mol. The molecule has 0 aromatic rings. The number of rotatable bonds is 0. The summed E-state index contributed by atoms with van der Waals surface area (Å²) in [6, 6.07) is 0. The van der Waals surface area contributed by atoms with Gasteiger partial charge in [-0.15, -0.1) is 0 Å². The molecular weight excluding hydrogens is 140 g/mol. The molecule has 0 aliphatic heterocycles. The molecule has 1 N–H and O–H groups in total. The summed E-state index contributed by atoms with van der Waals surface area (Å²) in [5.74, 6) is 0.426. The second-order valence-electron chi connectivity index (χ2n) is 4.07. The molecule has 0 saturated carbocycles. The van der Waals surface area contributed by atoms with Crippen LogP contribution in [-0.2, 0) is 4.79 Å². The van der Waals surface area contributed by atoms with Gasteiger partial charge < -0.3 is 5.11 Å². The van der Waals surface area contributed by atoms with Gasteiger partial charge >= 0.3 is 0 Å². The zero-order valence-electron chi connectivity index (χ0n) is 7.27. The van der Waals surface area contributed by atoms with Crippen molar-refractivity contribution in [2.75, 3.05) is 0 Å². The molecule has 0 amide bonds. The smallest absolute Gasteiger partial charge is 0.144 e. The van der Waals surface area contributed by atoms with Crippen LogP contribution in [0, 0.1) is 5.41 Å². The van der Waals surface area contributed by atoms with Gasteiger partial charge in [-0.25, -0.2) is 0 Å². The van der Waals surface area contributed by atoms with Crippen LogP contribution in [-0.4, -0.2) is 10.9 Å². The van der Waals surface area contributed by atoms with Crippen LogP contribution < -0.4 is 0 Å². The van der Waals surface area contributed by atoms with Gasteiger partial charge in [0.25, 0.3) is 0 Å². The monoisotopic (exact) mass is 154 g/mol. The number of carbonyl (C=O) groups excluding carboxylic acids is 1. The summed E-state index contributed by atoms with van der Waals surface area (Å²) < 4.78 is 0. The number of ketones is 1. The van der Waals surface area contributed by atoms with E-state index in [9.17, 15) is 9.90 Å². The number of carbonyl (C=O) groups is 1. The van der Waals surface area contributed by atoms with E-state index in [1.807, 2.05) is 20.8 Å². The Kier molecular flexibility index (Phi) is 1.78. The van der Waals surface area contributed by atoms with Gasteiger partial charge in [0.2, 0.25) is 0 Å². The van der Waals surface area contributed by atoms with Crippen LogP contribution in [0.1, 0.15) is 33.6 Å². The van der Waals surface area contributed by atoms with E-state index in [-0.39, 0.29) is 17.6 Å². The Balaban J connectivity index is 2.89. The van der Waals surface area contributed by atoms with Crippen molar-refractivity contribution in [3.05, 3.63) is 11.3 Å². The molecule has 0 atom stereocenters. The van der Waals surface area contributed by atoms with Crippen molar-refractivity contribution >= 4 is 5.78 Å². The third kappa shape index (κ3) is 1.62. The maximum absolute atomic E-state index is 10.9. The maximum Gasteiger partial charge on any atom is 0.144 e. The lowest BCUT2D eigenvalue weighted by molar-refractivity contribution is -0.117. The molecule has 0 aromatic carbocycles. The summed E-state index contributed by atoms with van der Waals surface area (Å²) >= 11 is 0. The number of Topliss-reactive ketones (excluding diaryl/α,β-unsaturated/α-hetero) is 1. The van der Waals surface area contributed by atoms with Crippen LogP contribution in [0.3, 0.4) is 0 Å². The number of aliphatic hydroxyl groups excluding tert-OH is 1. The normalized spacial score (nSPS) is 19.7. The van der Waals surface area contributed by atoms with E-state index in [4.69, 9.17) is 0 Å². The summed E-state index contributed by atoms with van der Waals surface area (Å²) in [6.07, 6.45) is 0.682. The minimum atomic E-state index is -0.0593. The van der Waals surface area contributed by atoms with E-state index in [0.717, 1.165) is 5.57 Å². The highest BCUT2D eigenvalue weighted by atomic mass is 16.3. The van der Waals surface area contributed by atoms with Crippen molar-refractivity contribution in [2.24, 2.45) is 5.41 Å². The lowest BCUT2D eigenvalue weighted by atomic mass is 9.86. The SMILES string of the molecule is CC(C)(C)C1=C(O)CC(=O)C1. The molecular formula is C9H14O2. The first-order chi connectivity index (χ1) is 4.91. The van der Waals surface area contributed by atoms with Gasteiger partial charge in [-0.2, -0.15) is 0 Å². The highest BCUT2D eigenvalue weighted by Gasteiger charge is 2.29. The lowest BCUT2D eigenvalue weighted by Crippen LogP contribution is -2.09. The number of allylic oxidation sites excluding steroid dienone is 2. The molecule has 0 unspecified atom stereocenters. The van der Waals surface area contributed by atoms with Crippen LogP contribution >= 0.6 is 0 Å². The third-order valence-corrected chi connectivity index (χ3v) is 1.99. The Morgan fingerprint density at radius 2 is 1.82 bits per heavy atom.